The number of amides is 1. The molecule has 1 saturated carbocycles. The first-order valence-corrected chi connectivity index (χ1v) is 9.21. The van der Waals surface area contributed by atoms with Crippen LogP contribution in [0.1, 0.15) is 51.6 Å². The summed E-state index contributed by atoms with van der Waals surface area (Å²) in [6, 6.07) is 5.28. The quantitative estimate of drug-likeness (QED) is 0.742. The molecular formula is C20H19FN4O2. The lowest BCUT2D eigenvalue weighted by Gasteiger charge is -2.19. The minimum atomic E-state index is -0.372. The van der Waals surface area contributed by atoms with E-state index in [1.54, 1.807) is 19.1 Å². The maximum absolute atomic E-state index is 14.9. The number of benzene rings is 1. The summed E-state index contributed by atoms with van der Waals surface area (Å²) in [7, 11) is 0. The van der Waals surface area contributed by atoms with Gasteiger partial charge in [-0.1, -0.05) is 11.2 Å². The second-order valence-electron chi connectivity index (χ2n) is 7.26. The number of nitrogens with zero attached hydrogens (tertiary/aromatic N) is 2. The molecule has 2 aromatic heterocycles. The highest BCUT2D eigenvalue weighted by atomic mass is 19.1. The van der Waals surface area contributed by atoms with Crippen LogP contribution in [0.5, 0.6) is 0 Å². The van der Waals surface area contributed by atoms with Crippen molar-refractivity contribution in [3.05, 3.63) is 52.1 Å². The van der Waals surface area contributed by atoms with E-state index in [9.17, 15) is 9.18 Å². The Morgan fingerprint density at radius 2 is 2.22 bits per heavy atom. The van der Waals surface area contributed by atoms with Crippen molar-refractivity contribution in [2.45, 2.75) is 38.6 Å². The van der Waals surface area contributed by atoms with Crippen molar-refractivity contribution in [3.8, 4) is 0 Å². The van der Waals surface area contributed by atoms with Crippen LogP contribution in [-0.4, -0.2) is 22.6 Å². The van der Waals surface area contributed by atoms with Crippen LogP contribution in [0.25, 0.3) is 11.1 Å². The first kappa shape index (κ1) is 16.4. The summed E-state index contributed by atoms with van der Waals surface area (Å²) >= 11 is 0. The van der Waals surface area contributed by atoms with Crippen molar-refractivity contribution in [2.75, 3.05) is 11.9 Å². The molecule has 6 nitrogen and oxygen atoms in total. The van der Waals surface area contributed by atoms with Crippen molar-refractivity contribution in [2.24, 2.45) is 0 Å². The van der Waals surface area contributed by atoms with E-state index in [-0.39, 0.29) is 17.4 Å². The largest absolute Gasteiger partial charge is 0.336 e. The molecule has 27 heavy (non-hydrogen) atoms. The molecule has 1 aromatic carbocycles. The Morgan fingerprint density at radius 1 is 1.37 bits per heavy atom. The zero-order valence-electron chi connectivity index (χ0n) is 14.9. The van der Waals surface area contributed by atoms with Gasteiger partial charge in [0.1, 0.15) is 5.82 Å². The van der Waals surface area contributed by atoms with Gasteiger partial charge in [0.2, 0.25) is 0 Å². The number of halogens is 1. The Kier molecular flexibility index (Phi) is 3.72. The van der Waals surface area contributed by atoms with E-state index in [1.165, 1.54) is 0 Å². The Balaban J connectivity index is 1.54. The molecule has 1 aliphatic heterocycles. The van der Waals surface area contributed by atoms with Gasteiger partial charge in [-0.15, -0.1) is 0 Å². The third kappa shape index (κ3) is 2.78. The van der Waals surface area contributed by atoms with Crippen LogP contribution < -0.4 is 10.6 Å². The van der Waals surface area contributed by atoms with Crippen LogP contribution in [0, 0.1) is 12.7 Å². The molecular weight excluding hydrogens is 347 g/mol. The maximum atomic E-state index is 14.9. The summed E-state index contributed by atoms with van der Waals surface area (Å²) < 4.78 is 20.2. The number of aromatic nitrogens is 2. The second kappa shape index (κ2) is 6.13. The lowest BCUT2D eigenvalue weighted by molar-refractivity contribution is 0.102. The molecule has 0 unspecified atom stereocenters. The number of carbonyl (C=O) groups excluding carboxylic acids is 1. The lowest BCUT2D eigenvalue weighted by Crippen LogP contribution is -2.25. The third-order valence-electron chi connectivity index (χ3n) is 5.33. The molecule has 138 valence electrons. The topological polar surface area (TPSA) is 80.0 Å². The molecule has 0 saturated heterocycles. The molecule has 5 rings (SSSR count). The summed E-state index contributed by atoms with van der Waals surface area (Å²) in [5.74, 6) is -0.361. The number of fused-ring (bicyclic) bond motifs is 2. The zero-order valence-corrected chi connectivity index (χ0v) is 14.9. The van der Waals surface area contributed by atoms with E-state index in [2.05, 4.69) is 20.8 Å². The van der Waals surface area contributed by atoms with E-state index >= 15 is 0 Å². The average Bonchev–Trinajstić information content (AvgIpc) is 3.47. The number of anilines is 1. The molecule has 0 bridgehead atoms. The maximum Gasteiger partial charge on any atom is 0.259 e. The number of hydrogen-bond acceptors (Lipinski definition) is 5. The van der Waals surface area contributed by atoms with Gasteiger partial charge in [0.25, 0.3) is 11.6 Å². The van der Waals surface area contributed by atoms with Crippen LogP contribution in [0.4, 0.5) is 10.1 Å². The Morgan fingerprint density at radius 3 is 3.04 bits per heavy atom. The number of carbonyl (C=O) groups is 1. The van der Waals surface area contributed by atoms with Gasteiger partial charge < -0.3 is 15.2 Å². The Hall–Kier alpha value is -2.80. The summed E-state index contributed by atoms with van der Waals surface area (Å²) in [4.78, 5) is 17.5. The normalized spacial score (nSPS) is 16.4. The standard InChI is InChI=1S/C20H19FN4O2/c1-10-17-14(8-16(11-2-3-11)24-20(17)27-25-10)19(26)23-15-5-4-12-9-22-7-6-13(12)18(15)21/h4-5,8,11,22H,2-3,6-7,9H2,1H3,(H,23,26). The van der Waals surface area contributed by atoms with Crippen molar-refractivity contribution in [1.29, 1.82) is 0 Å². The van der Waals surface area contributed by atoms with Gasteiger partial charge in [-0.25, -0.2) is 9.37 Å². The van der Waals surface area contributed by atoms with E-state index in [4.69, 9.17) is 4.52 Å². The third-order valence-corrected chi connectivity index (χ3v) is 5.33. The first-order chi connectivity index (χ1) is 13.1. The summed E-state index contributed by atoms with van der Waals surface area (Å²) in [6.45, 7) is 3.15. The van der Waals surface area contributed by atoms with Crippen molar-refractivity contribution < 1.29 is 13.7 Å². The first-order valence-electron chi connectivity index (χ1n) is 9.21. The SMILES string of the molecule is Cc1noc2nc(C3CC3)cc(C(=O)Nc3ccc4c(c3F)CCNC4)c12. The van der Waals surface area contributed by atoms with Gasteiger partial charge in [0.05, 0.1) is 22.3 Å². The molecule has 3 heterocycles. The predicted octanol–water partition coefficient (Wildman–Crippen LogP) is 3.45. The second-order valence-corrected chi connectivity index (χ2v) is 7.26. The van der Waals surface area contributed by atoms with Crippen LogP contribution in [-0.2, 0) is 13.0 Å². The Bertz CT molecular complexity index is 1070. The monoisotopic (exact) mass is 366 g/mol. The molecule has 3 aromatic rings. The summed E-state index contributed by atoms with van der Waals surface area (Å²) in [5, 5.41) is 10.5. The zero-order chi connectivity index (χ0) is 18.5. The van der Waals surface area contributed by atoms with E-state index in [0.29, 0.717) is 46.8 Å². The number of aryl methyl sites for hydroxylation is 1. The lowest BCUT2D eigenvalue weighted by atomic mass is 9.99. The molecule has 0 spiro atoms. The minimum absolute atomic E-state index is 0.202. The molecule has 2 aliphatic rings. The van der Waals surface area contributed by atoms with Gasteiger partial charge in [0, 0.05) is 18.2 Å². The van der Waals surface area contributed by atoms with E-state index in [0.717, 1.165) is 30.6 Å². The molecule has 1 aliphatic carbocycles. The highest BCUT2D eigenvalue weighted by molar-refractivity contribution is 6.12. The van der Waals surface area contributed by atoms with E-state index < -0.39 is 0 Å². The fourth-order valence-corrected chi connectivity index (χ4v) is 3.70. The van der Waals surface area contributed by atoms with Gasteiger partial charge >= 0.3 is 0 Å². The molecule has 1 fully saturated rings. The Labute approximate surface area is 155 Å². The minimum Gasteiger partial charge on any atom is -0.336 e. The number of rotatable bonds is 3. The van der Waals surface area contributed by atoms with Gasteiger partial charge in [-0.2, -0.15) is 0 Å². The predicted molar refractivity (Wildman–Crippen MR) is 98.3 cm³/mol. The van der Waals surface area contributed by atoms with Gasteiger partial charge in [-0.3, -0.25) is 4.79 Å². The van der Waals surface area contributed by atoms with Crippen molar-refractivity contribution in [3.63, 3.8) is 0 Å². The highest BCUT2D eigenvalue weighted by Gasteiger charge is 2.29. The van der Waals surface area contributed by atoms with Crippen LogP contribution in [0.3, 0.4) is 0 Å². The number of nitrogens with one attached hydrogen (secondary N) is 2. The molecule has 0 radical (unpaired) electrons. The molecule has 0 atom stereocenters. The molecule has 1 amide bonds. The van der Waals surface area contributed by atoms with Crippen LogP contribution in [0.15, 0.2) is 22.7 Å². The van der Waals surface area contributed by atoms with Crippen molar-refractivity contribution in [1.82, 2.24) is 15.5 Å². The average molecular weight is 366 g/mol. The molecule has 2 N–H and O–H groups in total. The fourth-order valence-electron chi connectivity index (χ4n) is 3.70. The summed E-state index contributed by atoms with van der Waals surface area (Å²) in [6.07, 6.45) is 2.72. The number of pyridine rings is 1. The number of hydrogen-bond donors (Lipinski definition) is 2. The van der Waals surface area contributed by atoms with Crippen molar-refractivity contribution >= 4 is 22.7 Å². The highest BCUT2D eigenvalue weighted by Crippen LogP contribution is 2.40. The smallest absolute Gasteiger partial charge is 0.259 e. The van der Waals surface area contributed by atoms with E-state index in [1.807, 2.05) is 6.07 Å². The van der Waals surface area contributed by atoms with Gasteiger partial charge in [0.15, 0.2) is 0 Å². The summed E-state index contributed by atoms with van der Waals surface area (Å²) in [5.41, 5.74) is 4.04. The van der Waals surface area contributed by atoms with Crippen LogP contribution >= 0.6 is 0 Å². The van der Waals surface area contributed by atoms with Gasteiger partial charge in [-0.05, 0) is 56.0 Å². The fraction of sp³-hybridized carbons (Fsp3) is 0.350. The molecule has 7 heteroatoms. The van der Waals surface area contributed by atoms with Crippen LogP contribution in [0.2, 0.25) is 0 Å².